The lowest BCUT2D eigenvalue weighted by atomic mass is 10.0. The van der Waals surface area contributed by atoms with Crippen molar-refractivity contribution in [2.75, 3.05) is 14.1 Å². The second-order valence-electron chi connectivity index (χ2n) is 3.90. The van der Waals surface area contributed by atoms with Gasteiger partial charge in [0.25, 0.3) is 11.9 Å². The SMILES string of the molecule is CN(C)C(C)(C)c1nc(F)c(F)c(F)n1. The van der Waals surface area contributed by atoms with Crippen molar-refractivity contribution < 1.29 is 13.2 Å². The van der Waals surface area contributed by atoms with Gasteiger partial charge in [-0.25, -0.2) is 0 Å². The van der Waals surface area contributed by atoms with Crippen LogP contribution in [0.25, 0.3) is 0 Å². The first-order chi connectivity index (χ1) is 6.76. The number of halogens is 3. The molecule has 0 unspecified atom stereocenters. The largest absolute Gasteiger partial charge is 0.298 e. The second kappa shape index (κ2) is 3.77. The highest BCUT2D eigenvalue weighted by atomic mass is 19.2. The maximum absolute atomic E-state index is 12.8. The van der Waals surface area contributed by atoms with E-state index in [-0.39, 0.29) is 5.82 Å². The average Bonchev–Trinajstić information content (AvgIpc) is 2.13. The van der Waals surface area contributed by atoms with Gasteiger partial charge >= 0.3 is 0 Å². The zero-order valence-corrected chi connectivity index (χ0v) is 8.98. The van der Waals surface area contributed by atoms with Crippen molar-refractivity contribution in [1.82, 2.24) is 14.9 Å². The van der Waals surface area contributed by atoms with Crippen LogP contribution in [0.1, 0.15) is 19.7 Å². The van der Waals surface area contributed by atoms with Crippen LogP contribution >= 0.6 is 0 Å². The van der Waals surface area contributed by atoms with Gasteiger partial charge in [-0.05, 0) is 27.9 Å². The summed E-state index contributed by atoms with van der Waals surface area (Å²) in [7, 11) is 3.42. The summed E-state index contributed by atoms with van der Waals surface area (Å²) < 4.78 is 38.3. The predicted octanol–water partition coefficient (Wildman–Crippen LogP) is 1.69. The van der Waals surface area contributed by atoms with Gasteiger partial charge in [0.2, 0.25) is 5.82 Å². The maximum Gasteiger partial charge on any atom is 0.255 e. The fourth-order valence-electron chi connectivity index (χ4n) is 0.868. The van der Waals surface area contributed by atoms with Crippen molar-refractivity contribution in [2.24, 2.45) is 0 Å². The van der Waals surface area contributed by atoms with E-state index in [1.807, 2.05) is 0 Å². The number of rotatable bonds is 2. The Kier molecular flexibility index (Phi) is 2.99. The molecule has 1 aromatic heterocycles. The van der Waals surface area contributed by atoms with Gasteiger partial charge in [0, 0.05) is 0 Å². The Balaban J connectivity index is 3.28. The molecule has 0 aromatic carbocycles. The Labute approximate surface area is 86.0 Å². The van der Waals surface area contributed by atoms with Crippen molar-refractivity contribution in [2.45, 2.75) is 19.4 Å². The molecule has 0 radical (unpaired) electrons. The third-order valence-electron chi connectivity index (χ3n) is 2.44. The first kappa shape index (κ1) is 11.9. The fraction of sp³-hybridized carbons (Fsp3) is 0.556. The second-order valence-corrected chi connectivity index (χ2v) is 3.90. The summed E-state index contributed by atoms with van der Waals surface area (Å²) in [5.41, 5.74) is -0.768. The molecule has 3 nitrogen and oxygen atoms in total. The van der Waals surface area contributed by atoms with E-state index >= 15 is 0 Å². The van der Waals surface area contributed by atoms with Crippen molar-refractivity contribution in [3.8, 4) is 0 Å². The van der Waals surface area contributed by atoms with Crippen LogP contribution in [0.5, 0.6) is 0 Å². The Morgan fingerprint density at radius 3 is 1.73 bits per heavy atom. The number of hydrogen-bond acceptors (Lipinski definition) is 3. The molecule has 0 saturated heterocycles. The molecule has 1 aromatic rings. The molecule has 0 N–H and O–H groups in total. The van der Waals surface area contributed by atoms with Crippen molar-refractivity contribution in [3.63, 3.8) is 0 Å². The fourth-order valence-corrected chi connectivity index (χ4v) is 0.868. The third kappa shape index (κ3) is 2.09. The lowest BCUT2D eigenvalue weighted by molar-refractivity contribution is 0.179. The Morgan fingerprint density at radius 2 is 1.40 bits per heavy atom. The molecule has 0 aliphatic heterocycles. The van der Waals surface area contributed by atoms with Crippen LogP contribution in [0.15, 0.2) is 0 Å². The molecule has 0 fully saturated rings. The molecular formula is C9H12F3N3. The van der Waals surface area contributed by atoms with Gasteiger partial charge in [-0.15, -0.1) is 0 Å². The van der Waals surface area contributed by atoms with Crippen molar-refractivity contribution >= 4 is 0 Å². The highest BCUT2D eigenvalue weighted by molar-refractivity contribution is 5.05. The van der Waals surface area contributed by atoms with E-state index < -0.39 is 23.3 Å². The van der Waals surface area contributed by atoms with Gasteiger partial charge in [0.05, 0.1) is 5.54 Å². The zero-order chi connectivity index (χ0) is 11.8. The predicted molar refractivity (Wildman–Crippen MR) is 48.6 cm³/mol. The van der Waals surface area contributed by atoms with Crippen LogP contribution in [0.3, 0.4) is 0 Å². The van der Waals surface area contributed by atoms with Crippen LogP contribution in [0.4, 0.5) is 13.2 Å². The Bertz CT molecular complexity index is 354. The van der Waals surface area contributed by atoms with E-state index in [1.54, 1.807) is 32.8 Å². The van der Waals surface area contributed by atoms with Gasteiger partial charge in [-0.1, -0.05) is 0 Å². The summed E-state index contributed by atoms with van der Waals surface area (Å²) in [6.07, 6.45) is 0. The average molecular weight is 219 g/mol. The molecule has 1 rings (SSSR count). The summed E-state index contributed by atoms with van der Waals surface area (Å²) in [4.78, 5) is 8.26. The standard InChI is InChI=1S/C9H12F3N3/c1-9(2,15(3)4)8-13-6(11)5(10)7(12)14-8/h1-4H3. The minimum atomic E-state index is -1.65. The minimum absolute atomic E-state index is 0.0936. The highest BCUT2D eigenvalue weighted by Crippen LogP contribution is 2.22. The molecule has 0 aliphatic carbocycles. The smallest absolute Gasteiger partial charge is 0.255 e. The molecule has 0 spiro atoms. The summed E-state index contributed by atoms with van der Waals surface area (Å²) in [6, 6.07) is 0. The summed E-state index contributed by atoms with van der Waals surface area (Å²) >= 11 is 0. The van der Waals surface area contributed by atoms with Crippen LogP contribution in [-0.2, 0) is 5.54 Å². The third-order valence-corrected chi connectivity index (χ3v) is 2.44. The first-order valence-electron chi connectivity index (χ1n) is 4.33. The van der Waals surface area contributed by atoms with Crippen LogP contribution in [0, 0.1) is 17.7 Å². The molecule has 0 atom stereocenters. The van der Waals surface area contributed by atoms with Gasteiger partial charge in [-0.3, -0.25) is 4.90 Å². The quantitative estimate of drug-likeness (QED) is 0.709. The molecule has 0 aliphatic rings. The molecular weight excluding hydrogens is 207 g/mol. The molecule has 6 heteroatoms. The first-order valence-corrected chi connectivity index (χ1v) is 4.33. The van der Waals surface area contributed by atoms with E-state index in [4.69, 9.17) is 0 Å². The van der Waals surface area contributed by atoms with Gasteiger partial charge in [-0.2, -0.15) is 23.1 Å². The highest BCUT2D eigenvalue weighted by Gasteiger charge is 2.29. The Hall–Kier alpha value is -1.17. The van der Waals surface area contributed by atoms with Crippen LogP contribution < -0.4 is 0 Å². The van der Waals surface area contributed by atoms with Gasteiger partial charge in [0.15, 0.2) is 5.82 Å². The van der Waals surface area contributed by atoms with Crippen molar-refractivity contribution in [3.05, 3.63) is 23.5 Å². The summed E-state index contributed by atoms with van der Waals surface area (Å²) in [5, 5.41) is 0. The monoisotopic (exact) mass is 219 g/mol. The number of hydrogen-bond donors (Lipinski definition) is 0. The topological polar surface area (TPSA) is 29.0 Å². The molecule has 1 heterocycles. The normalized spacial score (nSPS) is 12.3. The molecule has 0 bridgehead atoms. The molecule has 15 heavy (non-hydrogen) atoms. The lowest BCUT2D eigenvalue weighted by Gasteiger charge is -2.30. The van der Waals surface area contributed by atoms with E-state index in [2.05, 4.69) is 9.97 Å². The summed E-state index contributed by atoms with van der Waals surface area (Å²) in [5.74, 6) is -4.67. The van der Waals surface area contributed by atoms with Crippen LogP contribution in [-0.4, -0.2) is 29.0 Å². The molecule has 0 amide bonds. The van der Waals surface area contributed by atoms with E-state index in [1.165, 1.54) is 0 Å². The minimum Gasteiger partial charge on any atom is -0.298 e. The number of nitrogens with zero attached hydrogens (tertiary/aromatic N) is 3. The van der Waals surface area contributed by atoms with E-state index in [9.17, 15) is 13.2 Å². The lowest BCUT2D eigenvalue weighted by Crippen LogP contribution is -2.37. The van der Waals surface area contributed by atoms with Gasteiger partial charge < -0.3 is 0 Å². The van der Waals surface area contributed by atoms with E-state index in [0.717, 1.165) is 0 Å². The van der Waals surface area contributed by atoms with Crippen LogP contribution in [0.2, 0.25) is 0 Å². The molecule has 0 saturated carbocycles. The zero-order valence-electron chi connectivity index (χ0n) is 8.98. The van der Waals surface area contributed by atoms with Gasteiger partial charge in [0.1, 0.15) is 0 Å². The van der Waals surface area contributed by atoms with Crippen molar-refractivity contribution in [1.29, 1.82) is 0 Å². The number of aromatic nitrogens is 2. The molecule has 84 valence electrons. The van der Waals surface area contributed by atoms with E-state index in [0.29, 0.717) is 0 Å². The maximum atomic E-state index is 12.8. The Morgan fingerprint density at radius 1 is 1.00 bits per heavy atom. The summed E-state index contributed by atoms with van der Waals surface area (Å²) in [6.45, 7) is 3.36.